The van der Waals surface area contributed by atoms with Crippen LogP contribution >= 0.6 is 0 Å². The van der Waals surface area contributed by atoms with Crippen molar-refractivity contribution < 1.29 is 0 Å². The molecule has 0 unspecified atom stereocenters. The summed E-state index contributed by atoms with van der Waals surface area (Å²) in [6.45, 7) is 39.5. The van der Waals surface area contributed by atoms with E-state index >= 15 is 0 Å². The highest BCUT2D eigenvalue weighted by Gasteiger charge is 2.51. The minimum atomic E-state index is -0.136. The van der Waals surface area contributed by atoms with E-state index in [9.17, 15) is 0 Å². The lowest BCUT2D eigenvalue weighted by Crippen LogP contribution is -2.62. The van der Waals surface area contributed by atoms with Crippen molar-refractivity contribution in [2.24, 2.45) is 0 Å². The van der Waals surface area contributed by atoms with Crippen molar-refractivity contribution in [1.29, 1.82) is 0 Å². The van der Waals surface area contributed by atoms with Crippen molar-refractivity contribution >= 4 is 57.2 Å². The first-order chi connectivity index (χ1) is 33.7. The first kappa shape index (κ1) is 47.2. The van der Waals surface area contributed by atoms with Gasteiger partial charge in [-0.25, -0.2) is 0 Å². The predicted octanol–water partition coefficient (Wildman–Crippen LogP) is 17.0. The van der Waals surface area contributed by atoms with E-state index in [1.165, 1.54) is 124 Å². The molecule has 0 fully saturated rings. The monoisotopic (exact) mass is 945 g/mol. The zero-order valence-corrected chi connectivity index (χ0v) is 46.4. The Kier molecular flexibility index (Phi) is 9.94. The molecule has 0 amide bonds. The Morgan fingerprint density at radius 3 is 1.31 bits per heavy atom. The maximum Gasteiger partial charge on any atom is 0.252 e. The lowest BCUT2D eigenvalue weighted by molar-refractivity contribution is 0.332. The maximum absolute atomic E-state index is 2.77. The largest absolute Gasteiger partial charge is 0.311 e. The molecular weight excluding hydrogens is 868 g/mol. The lowest BCUT2D eigenvalue weighted by atomic mass is 9.32. The van der Waals surface area contributed by atoms with E-state index in [1.807, 2.05) is 0 Å². The summed E-state index contributed by atoms with van der Waals surface area (Å²) < 4.78 is 0. The van der Waals surface area contributed by atoms with Crippen molar-refractivity contribution in [3.8, 4) is 22.3 Å². The van der Waals surface area contributed by atoms with Gasteiger partial charge in [-0.05, 0) is 191 Å². The van der Waals surface area contributed by atoms with Crippen LogP contribution < -0.4 is 26.2 Å². The topological polar surface area (TPSA) is 6.48 Å². The van der Waals surface area contributed by atoms with Crippen LogP contribution in [0.15, 0.2) is 127 Å². The Hall–Kier alpha value is -5.80. The molecule has 5 aliphatic rings. The fraction of sp³-hybridized carbons (Fsp3) is 0.391. The van der Waals surface area contributed by atoms with Crippen molar-refractivity contribution in [3.05, 3.63) is 172 Å². The quantitative estimate of drug-likeness (QED) is 0.162. The number of nitrogens with zero attached hydrogens (tertiary/aromatic N) is 2. The molecule has 2 aliphatic heterocycles. The van der Waals surface area contributed by atoms with Crippen LogP contribution in [0, 0.1) is 6.92 Å². The highest BCUT2D eigenvalue weighted by molar-refractivity contribution is 7.00. The second-order valence-electron chi connectivity index (χ2n) is 28.0. The Labute approximate surface area is 433 Å². The Balaban J connectivity index is 1.25. The molecule has 0 aromatic heterocycles. The first-order valence-corrected chi connectivity index (χ1v) is 27.3. The van der Waals surface area contributed by atoms with Gasteiger partial charge in [-0.2, -0.15) is 0 Å². The molecule has 0 spiro atoms. The van der Waals surface area contributed by atoms with Gasteiger partial charge in [-0.1, -0.05) is 189 Å². The van der Waals surface area contributed by atoms with Crippen molar-refractivity contribution in [1.82, 2.24) is 0 Å². The number of fused-ring (bicyclic) bond motifs is 7. The molecule has 0 saturated carbocycles. The maximum atomic E-state index is 2.77. The fourth-order valence-corrected chi connectivity index (χ4v) is 15.2. The number of anilines is 6. The SMILES string of the molecule is Cc1cc2c(cc1N1c3cc4c(cc3B3c5cc6c(cc5N(c5ccc(-c7ccccc7)cc5-c5ccccc5)c5cc(C(C)(C)C)cc1c53)C(C)(C)CCC6(C)C)C(C)(C)CC4(C)C)C(C)(C)CC2(C)C. The zero-order valence-electron chi connectivity index (χ0n) is 46.4. The first-order valence-electron chi connectivity index (χ1n) is 27.3. The molecule has 3 heteroatoms. The molecule has 0 saturated heterocycles. The van der Waals surface area contributed by atoms with Gasteiger partial charge in [0.05, 0.1) is 5.69 Å². The van der Waals surface area contributed by atoms with E-state index in [-0.39, 0.29) is 44.6 Å². The molecule has 72 heavy (non-hydrogen) atoms. The molecule has 0 radical (unpaired) electrons. The van der Waals surface area contributed by atoms with E-state index in [0.717, 1.165) is 19.3 Å². The van der Waals surface area contributed by atoms with E-state index < -0.39 is 0 Å². The van der Waals surface area contributed by atoms with Crippen molar-refractivity contribution in [2.75, 3.05) is 9.80 Å². The van der Waals surface area contributed by atoms with Gasteiger partial charge in [-0.15, -0.1) is 0 Å². The molecule has 0 atom stereocenters. The summed E-state index contributed by atoms with van der Waals surface area (Å²) in [5.41, 5.74) is 28.9. The Morgan fingerprint density at radius 2 is 0.806 bits per heavy atom. The zero-order chi connectivity index (χ0) is 51.0. The average Bonchev–Trinajstić information content (AvgIpc) is 3.62. The average molecular weight is 945 g/mol. The van der Waals surface area contributed by atoms with Crippen LogP contribution in [0.25, 0.3) is 22.3 Å². The third kappa shape index (κ3) is 6.94. The highest BCUT2D eigenvalue weighted by Crippen LogP contribution is 2.57. The fourth-order valence-electron chi connectivity index (χ4n) is 15.2. The molecule has 3 aliphatic carbocycles. The van der Waals surface area contributed by atoms with Crippen LogP contribution in [0.2, 0.25) is 0 Å². The molecule has 366 valence electrons. The molecule has 0 bridgehead atoms. The number of hydrogen-bond acceptors (Lipinski definition) is 2. The van der Waals surface area contributed by atoms with E-state index in [0.29, 0.717) is 0 Å². The van der Waals surface area contributed by atoms with Gasteiger partial charge >= 0.3 is 0 Å². The highest BCUT2D eigenvalue weighted by atomic mass is 15.2. The number of hydrogen-bond donors (Lipinski definition) is 0. The van der Waals surface area contributed by atoms with Crippen molar-refractivity contribution in [3.63, 3.8) is 0 Å². The number of benzene rings is 7. The van der Waals surface area contributed by atoms with Crippen LogP contribution in [-0.4, -0.2) is 6.71 Å². The van der Waals surface area contributed by atoms with E-state index in [2.05, 4.69) is 248 Å². The van der Waals surface area contributed by atoms with Gasteiger partial charge < -0.3 is 9.80 Å². The lowest BCUT2D eigenvalue weighted by Gasteiger charge is -2.48. The van der Waals surface area contributed by atoms with Crippen LogP contribution in [0.4, 0.5) is 34.1 Å². The van der Waals surface area contributed by atoms with Gasteiger partial charge in [0, 0.05) is 34.0 Å². The summed E-state index contributed by atoms with van der Waals surface area (Å²) in [6.07, 6.45) is 4.59. The second-order valence-corrected chi connectivity index (χ2v) is 28.0. The normalized spacial score (nSPS) is 19.8. The van der Waals surface area contributed by atoms with Gasteiger partial charge in [0.15, 0.2) is 0 Å². The molecule has 2 heterocycles. The minimum Gasteiger partial charge on any atom is -0.311 e. The van der Waals surface area contributed by atoms with E-state index in [4.69, 9.17) is 0 Å². The third-order valence-electron chi connectivity index (χ3n) is 18.7. The molecule has 7 aromatic carbocycles. The number of aryl methyl sites for hydroxylation is 1. The summed E-state index contributed by atoms with van der Waals surface area (Å²) in [7, 11) is 0. The summed E-state index contributed by atoms with van der Waals surface area (Å²) in [6, 6.07) is 50.6. The minimum absolute atomic E-state index is 0.0198. The van der Waals surface area contributed by atoms with Gasteiger partial charge in [0.25, 0.3) is 6.71 Å². The van der Waals surface area contributed by atoms with Gasteiger partial charge in [0.2, 0.25) is 0 Å². The molecular formula is C69H77BN2. The van der Waals surface area contributed by atoms with Crippen LogP contribution in [-0.2, 0) is 37.9 Å². The standard InChI is InChI=1S/C69H77BN2/c1-42-31-48-52(68(13,14)40-66(48,9)10)37-57(42)72-59-39-53-50(67(11,12)41-69(53,15)16)36-55(59)70-54-35-49-51(65(7,8)30-29-64(49,5)6)38-58(54)71(60-33-46(63(2,3)4)34-61(72)62(60)70)56-28-27-45(43-23-19-17-20-24-43)32-47(56)44-25-21-18-22-26-44/h17-28,31-39H,29-30,40-41H2,1-16H3. The summed E-state index contributed by atoms with van der Waals surface area (Å²) in [4.78, 5) is 5.50. The van der Waals surface area contributed by atoms with Crippen LogP contribution in [0.1, 0.15) is 174 Å². The van der Waals surface area contributed by atoms with Crippen LogP contribution in [0.3, 0.4) is 0 Å². The molecule has 12 rings (SSSR count). The second kappa shape index (κ2) is 15.1. The molecule has 0 N–H and O–H groups in total. The molecule has 2 nitrogen and oxygen atoms in total. The summed E-state index contributed by atoms with van der Waals surface area (Å²) in [5, 5.41) is 0. The summed E-state index contributed by atoms with van der Waals surface area (Å²) in [5.74, 6) is 0. The summed E-state index contributed by atoms with van der Waals surface area (Å²) >= 11 is 0. The van der Waals surface area contributed by atoms with Crippen molar-refractivity contribution in [2.45, 2.75) is 174 Å². The molecule has 7 aromatic rings. The smallest absolute Gasteiger partial charge is 0.252 e. The van der Waals surface area contributed by atoms with Gasteiger partial charge in [-0.3, -0.25) is 0 Å². The number of rotatable bonds is 4. The van der Waals surface area contributed by atoms with Gasteiger partial charge in [0.1, 0.15) is 0 Å². The Bertz CT molecular complexity index is 3410. The van der Waals surface area contributed by atoms with Crippen LogP contribution in [0.5, 0.6) is 0 Å². The Morgan fingerprint density at radius 1 is 0.389 bits per heavy atom. The predicted molar refractivity (Wildman–Crippen MR) is 311 cm³/mol. The third-order valence-corrected chi connectivity index (χ3v) is 18.7. The van der Waals surface area contributed by atoms with E-state index in [1.54, 1.807) is 0 Å².